The third kappa shape index (κ3) is 3.81. The fraction of sp³-hybridized carbons (Fsp3) is 0.143. The molecular weight excluding hydrogens is 340 g/mol. The van der Waals surface area contributed by atoms with Crippen LogP contribution in [0.1, 0.15) is 0 Å². The summed E-state index contributed by atoms with van der Waals surface area (Å²) >= 11 is 0. The molecule has 2 N–H and O–H groups in total. The van der Waals surface area contributed by atoms with E-state index in [0.717, 1.165) is 0 Å². The standard InChI is InChI=1S/C14H16N2O5S2/c1-15-22(17,18)12-9-7-11(8-10-12)16-23(19,20)14-6-4-3-5-13(14)21-2/h3-10,15-16H,1-2H3. The van der Waals surface area contributed by atoms with Crippen molar-refractivity contribution in [3.05, 3.63) is 48.5 Å². The number of ether oxygens (including phenoxy) is 1. The molecule has 9 heteroatoms. The number of rotatable bonds is 6. The van der Waals surface area contributed by atoms with Crippen molar-refractivity contribution in [1.29, 1.82) is 0 Å². The fourth-order valence-electron chi connectivity index (χ4n) is 1.87. The summed E-state index contributed by atoms with van der Waals surface area (Å²) < 4.78 is 57.7. The van der Waals surface area contributed by atoms with E-state index in [4.69, 9.17) is 4.74 Å². The number of nitrogens with one attached hydrogen (secondary N) is 2. The lowest BCUT2D eigenvalue weighted by Gasteiger charge is -2.11. The number of hydrogen-bond acceptors (Lipinski definition) is 5. The van der Waals surface area contributed by atoms with Crippen LogP contribution in [0.25, 0.3) is 0 Å². The number of anilines is 1. The number of methoxy groups -OCH3 is 1. The highest BCUT2D eigenvalue weighted by Gasteiger charge is 2.19. The van der Waals surface area contributed by atoms with Crippen LogP contribution in [0, 0.1) is 0 Å². The highest BCUT2D eigenvalue weighted by Crippen LogP contribution is 2.25. The lowest BCUT2D eigenvalue weighted by atomic mass is 10.3. The second-order valence-electron chi connectivity index (χ2n) is 4.49. The van der Waals surface area contributed by atoms with E-state index >= 15 is 0 Å². The molecule has 23 heavy (non-hydrogen) atoms. The summed E-state index contributed by atoms with van der Waals surface area (Å²) in [6.07, 6.45) is 0. The van der Waals surface area contributed by atoms with Crippen LogP contribution in [0.2, 0.25) is 0 Å². The van der Waals surface area contributed by atoms with Crippen molar-refractivity contribution >= 4 is 25.7 Å². The van der Waals surface area contributed by atoms with Crippen LogP contribution in [0.5, 0.6) is 5.75 Å². The van der Waals surface area contributed by atoms with E-state index in [1.54, 1.807) is 12.1 Å². The Kier molecular flexibility index (Phi) is 4.93. The Bertz CT molecular complexity index is 891. The zero-order valence-corrected chi connectivity index (χ0v) is 14.1. The van der Waals surface area contributed by atoms with E-state index in [9.17, 15) is 16.8 Å². The second kappa shape index (κ2) is 6.57. The van der Waals surface area contributed by atoms with E-state index in [0.29, 0.717) is 0 Å². The molecule has 0 heterocycles. The minimum Gasteiger partial charge on any atom is -0.495 e. The molecule has 0 fully saturated rings. The highest BCUT2D eigenvalue weighted by atomic mass is 32.2. The molecule has 0 spiro atoms. The molecule has 0 saturated carbocycles. The summed E-state index contributed by atoms with van der Waals surface area (Å²) in [6.45, 7) is 0. The molecule has 0 aliphatic carbocycles. The first kappa shape index (κ1) is 17.3. The van der Waals surface area contributed by atoms with Gasteiger partial charge < -0.3 is 4.74 Å². The van der Waals surface area contributed by atoms with Gasteiger partial charge in [-0.25, -0.2) is 21.6 Å². The summed E-state index contributed by atoms with van der Waals surface area (Å²) in [7, 11) is -4.74. The first-order valence-corrected chi connectivity index (χ1v) is 9.46. The molecule has 0 atom stereocenters. The Balaban J connectivity index is 2.31. The van der Waals surface area contributed by atoms with Gasteiger partial charge in [-0.1, -0.05) is 12.1 Å². The van der Waals surface area contributed by atoms with Gasteiger partial charge in [0.15, 0.2) is 0 Å². The highest BCUT2D eigenvalue weighted by molar-refractivity contribution is 7.92. The number of sulfonamides is 2. The van der Waals surface area contributed by atoms with E-state index < -0.39 is 20.0 Å². The SMILES string of the molecule is CNS(=O)(=O)c1ccc(NS(=O)(=O)c2ccccc2OC)cc1. The second-order valence-corrected chi connectivity index (χ2v) is 8.03. The molecule has 0 amide bonds. The fourth-order valence-corrected chi connectivity index (χ4v) is 3.83. The quantitative estimate of drug-likeness (QED) is 0.815. The van der Waals surface area contributed by atoms with Gasteiger partial charge in [-0.3, -0.25) is 4.72 Å². The Labute approximate surface area is 135 Å². The Morgan fingerprint density at radius 1 is 0.870 bits per heavy atom. The first-order chi connectivity index (χ1) is 10.8. The van der Waals surface area contributed by atoms with Gasteiger partial charge in [0.25, 0.3) is 10.0 Å². The summed E-state index contributed by atoms with van der Waals surface area (Å²) in [4.78, 5) is 0.0367. The maximum Gasteiger partial charge on any atom is 0.265 e. The number of hydrogen-bond donors (Lipinski definition) is 2. The van der Waals surface area contributed by atoms with Crippen LogP contribution in [-0.2, 0) is 20.0 Å². The van der Waals surface area contributed by atoms with E-state index in [1.165, 1.54) is 50.6 Å². The van der Waals surface area contributed by atoms with Gasteiger partial charge >= 0.3 is 0 Å². The summed E-state index contributed by atoms with van der Waals surface area (Å²) in [5.41, 5.74) is 0.242. The van der Waals surface area contributed by atoms with Crippen LogP contribution in [0.3, 0.4) is 0 Å². The first-order valence-electron chi connectivity index (χ1n) is 6.49. The molecule has 0 saturated heterocycles. The van der Waals surface area contributed by atoms with Crippen molar-refractivity contribution < 1.29 is 21.6 Å². The molecule has 0 aromatic heterocycles. The van der Waals surface area contributed by atoms with Gasteiger partial charge in [0.05, 0.1) is 12.0 Å². The van der Waals surface area contributed by atoms with Crippen molar-refractivity contribution in [3.63, 3.8) is 0 Å². The monoisotopic (exact) mass is 356 g/mol. The molecule has 2 aromatic rings. The van der Waals surface area contributed by atoms with Gasteiger partial charge in [0.1, 0.15) is 10.6 Å². The van der Waals surface area contributed by atoms with Crippen molar-refractivity contribution in [2.75, 3.05) is 18.9 Å². The number of benzene rings is 2. The van der Waals surface area contributed by atoms with Gasteiger partial charge in [-0.15, -0.1) is 0 Å². The molecular formula is C14H16N2O5S2. The van der Waals surface area contributed by atoms with Crippen LogP contribution in [0.4, 0.5) is 5.69 Å². The number of para-hydroxylation sites is 1. The molecule has 2 rings (SSSR count). The topological polar surface area (TPSA) is 102 Å². The third-order valence-corrected chi connectivity index (χ3v) is 5.90. The van der Waals surface area contributed by atoms with Crippen molar-refractivity contribution in [2.45, 2.75) is 9.79 Å². The lowest BCUT2D eigenvalue weighted by Crippen LogP contribution is -2.18. The Hall–Kier alpha value is -2.10. The van der Waals surface area contributed by atoms with Crippen molar-refractivity contribution in [3.8, 4) is 5.75 Å². The molecule has 0 aliphatic heterocycles. The average Bonchev–Trinajstić information content (AvgIpc) is 2.55. The minimum absolute atomic E-state index is 0.00516. The summed E-state index contributed by atoms with van der Waals surface area (Å²) in [5.74, 6) is 0.217. The molecule has 0 bridgehead atoms. The molecule has 2 aromatic carbocycles. The van der Waals surface area contributed by atoms with E-state index in [1.807, 2.05) is 0 Å². The zero-order valence-electron chi connectivity index (χ0n) is 12.5. The van der Waals surface area contributed by atoms with Gasteiger partial charge in [0, 0.05) is 5.69 Å². The third-order valence-electron chi connectivity index (χ3n) is 3.04. The molecule has 0 aliphatic rings. The van der Waals surface area contributed by atoms with Gasteiger partial charge in [0.2, 0.25) is 10.0 Å². The molecule has 0 unspecified atom stereocenters. The Morgan fingerprint density at radius 2 is 1.48 bits per heavy atom. The lowest BCUT2D eigenvalue weighted by molar-refractivity contribution is 0.403. The Morgan fingerprint density at radius 3 is 2.04 bits per heavy atom. The average molecular weight is 356 g/mol. The molecule has 124 valence electrons. The van der Waals surface area contributed by atoms with E-state index in [-0.39, 0.29) is 21.2 Å². The van der Waals surface area contributed by atoms with Gasteiger partial charge in [-0.2, -0.15) is 0 Å². The predicted octanol–water partition coefficient (Wildman–Crippen LogP) is 1.40. The van der Waals surface area contributed by atoms with Crippen LogP contribution in [-0.4, -0.2) is 31.0 Å². The summed E-state index contributed by atoms with van der Waals surface area (Å²) in [5, 5.41) is 0. The minimum atomic E-state index is -3.85. The maximum absolute atomic E-state index is 12.4. The molecule has 7 nitrogen and oxygen atoms in total. The zero-order chi connectivity index (χ0) is 17.1. The summed E-state index contributed by atoms with van der Waals surface area (Å²) in [6, 6.07) is 11.6. The van der Waals surface area contributed by atoms with Gasteiger partial charge in [-0.05, 0) is 43.4 Å². The van der Waals surface area contributed by atoms with Crippen LogP contribution < -0.4 is 14.2 Å². The van der Waals surface area contributed by atoms with Crippen LogP contribution in [0.15, 0.2) is 58.3 Å². The molecule has 0 radical (unpaired) electrons. The predicted molar refractivity (Wildman–Crippen MR) is 86.5 cm³/mol. The normalized spacial score (nSPS) is 11.9. The maximum atomic E-state index is 12.4. The van der Waals surface area contributed by atoms with E-state index in [2.05, 4.69) is 9.44 Å². The largest absolute Gasteiger partial charge is 0.495 e. The van der Waals surface area contributed by atoms with Crippen LogP contribution >= 0.6 is 0 Å². The smallest absolute Gasteiger partial charge is 0.265 e. The van der Waals surface area contributed by atoms with Crippen molar-refractivity contribution in [2.24, 2.45) is 0 Å². The van der Waals surface area contributed by atoms with Crippen molar-refractivity contribution in [1.82, 2.24) is 4.72 Å².